The molecular weight excluding hydrogens is 307 g/mol. The number of benzene rings is 1. The second-order valence-electron chi connectivity index (χ2n) is 3.05. The zero-order valence-corrected chi connectivity index (χ0v) is 10.1. The predicted octanol–water partition coefficient (Wildman–Crippen LogP) is 2.36. The molecule has 76 valence electrons. The third-order valence-electron chi connectivity index (χ3n) is 2.23. The molecule has 0 N–H and O–H groups in total. The molecule has 1 aliphatic rings. The third-order valence-corrected chi connectivity index (χ3v) is 3.21. The number of hydrogen-bond acceptors (Lipinski definition) is 3. The van der Waals surface area contributed by atoms with Gasteiger partial charge in [-0.2, -0.15) is 0 Å². The van der Waals surface area contributed by atoms with Crippen molar-refractivity contribution in [3.63, 3.8) is 0 Å². The molecule has 0 saturated carbocycles. The minimum absolute atomic E-state index is 0.138. The first kappa shape index (κ1) is 10.4. The Morgan fingerprint density at radius 1 is 1.07 bits per heavy atom. The summed E-state index contributed by atoms with van der Waals surface area (Å²) >= 11 is 1.84. The molecule has 1 aromatic rings. The van der Waals surface area contributed by atoms with Crippen LogP contribution >= 0.6 is 22.6 Å². The van der Waals surface area contributed by atoms with E-state index in [4.69, 9.17) is 4.74 Å². The van der Waals surface area contributed by atoms with E-state index in [1.54, 1.807) is 24.3 Å². The van der Waals surface area contributed by atoms with Crippen LogP contribution in [0.5, 0.6) is 0 Å². The Kier molecular flexibility index (Phi) is 2.60. The summed E-state index contributed by atoms with van der Waals surface area (Å²) < 4.78 is 5.29. The highest BCUT2D eigenvalue weighted by molar-refractivity contribution is 14.1. The highest BCUT2D eigenvalue weighted by Crippen LogP contribution is 2.29. The van der Waals surface area contributed by atoms with E-state index in [0.717, 1.165) is 0 Å². The Morgan fingerprint density at radius 3 is 2.13 bits per heavy atom. The van der Waals surface area contributed by atoms with Gasteiger partial charge in [0.2, 0.25) is 11.6 Å². The van der Waals surface area contributed by atoms with Gasteiger partial charge in [0.1, 0.15) is 3.58 Å². The highest BCUT2D eigenvalue weighted by Gasteiger charge is 2.31. The standard InChI is InChI=1S/C11H7IO3/c1-15-11-8(12)9(13)6-4-2-3-5-7(6)10(11)14/h2-5H,1H3. The lowest BCUT2D eigenvalue weighted by Crippen LogP contribution is -2.20. The molecule has 0 aliphatic heterocycles. The predicted molar refractivity (Wildman–Crippen MR) is 63.2 cm³/mol. The average molecular weight is 314 g/mol. The number of ether oxygens (including phenoxy) is 1. The van der Waals surface area contributed by atoms with Gasteiger partial charge in [-0.05, 0) is 22.6 Å². The summed E-state index contributed by atoms with van der Waals surface area (Å²) in [6, 6.07) is 6.76. The van der Waals surface area contributed by atoms with Crippen molar-refractivity contribution in [1.82, 2.24) is 0 Å². The number of allylic oxidation sites excluding steroid dienone is 2. The van der Waals surface area contributed by atoms with E-state index in [1.807, 2.05) is 22.6 Å². The summed E-state index contributed by atoms with van der Waals surface area (Å²) in [5.41, 5.74) is 0.868. The summed E-state index contributed by atoms with van der Waals surface area (Å²) in [7, 11) is 1.40. The molecule has 0 amide bonds. The molecule has 0 saturated heterocycles. The van der Waals surface area contributed by atoms with Gasteiger partial charge in [0.25, 0.3) is 0 Å². The molecule has 15 heavy (non-hydrogen) atoms. The van der Waals surface area contributed by atoms with Gasteiger partial charge in [-0.3, -0.25) is 9.59 Å². The van der Waals surface area contributed by atoms with E-state index < -0.39 is 0 Å². The summed E-state index contributed by atoms with van der Waals surface area (Å²) in [5.74, 6) is -0.237. The van der Waals surface area contributed by atoms with Crippen LogP contribution in [-0.2, 0) is 4.74 Å². The first-order valence-electron chi connectivity index (χ1n) is 4.29. The molecule has 4 heteroatoms. The molecule has 0 heterocycles. The zero-order chi connectivity index (χ0) is 11.0. The van der Waals surface area contributed by atoms with Gasteiger partial charge in [-0.25, -0.2) is 0 Å². The van der Waals surface area contributed by atoms with E-state index in [0.29, 0.717) is 14.7 Å². The van der Waals surface area contributed by atoms with Gasteiger partial charge in [0.05, 0.1) is 7.11 Å². The van der Waals surface area contributed by atoms with Gasteiger partial charge in [-0.15, -0.1) is 0 Å². The number of halogens is 1. The van der Waals surface area contributed by atoms with Crippen molar-refractivity contribution >= 4 is 34.2 Å². The van der Waals surface area contributed by atoms with Crippen LogP contribution < -0.4 is 0 Å². The average Bonchev–Trinajstić information content (AvgIpc) is 2.27. The number of Topliss-reactive ketones (excluding diaryl/α,β-unsaturated/α-hetero) is 2. The molecule has 0 fully saturated rings. The Morgan fingerprint density at radius 2 is 1.60 bits per heavy atom. The first-order valence-corrected chi connectivity index (χ1v) is 5.37. The Labute approximate surface area is 100 Å². The smallest absolute Gasteiger partial charge is 0.229 e. The summed E-state index contributed by atoms with van der Waals surface area (Å²) in [6.07, 6.45) is 0. The fourth-order valence-corrected chi connectivity index (χ4v) is 2.26. The SMILES string of the molecule is COC1=C(I)C(=O)c2ccccc2C1=O. The van der Waals surface area contributed by atoms with Crippen molar-refractivity contribution in [3.8, 4) is 0 Å². The Hall–Kier alpha value is -1.17. The van der Waals surface area contributed by atoms with Gasteiger partial charge in [0.15, 0.2) is 5.76 Å². The van der Waals surface area contributed by atoms with E-state index in [1.165, 1.54) is 7.11 Å². The monoisotopic (exact) mass is 314 g/mol. The third kappa shape index (κ3) is 1.49. The number of methoxy groups -OCH3 is 1. The van der Waals surface area contributed by atoms with Crippen molar-refractivity contribution in [1.29, 1.82) is 0 Å². The number of rotatable bonds is 1. The number of carbonyl (C=O) groups excluding carboxylic acids is 2. The van der Waals surface area contributed by atoms with Crippen LogP contribution in [0.4, 0.5) is 0 Å². The van der Waals surface area contributed by atoms with E-state index in [-0.39, 0.29) is 17.3 Å². The van der Waals surface area contributed by atoms with Crippen LogP contribution in [0.1, 0.15) is 20.7 Å². The number of fused-ring (bicyclic) bond motifs is 1. The molecule has 0 bridgehead atoms. The molecule has 0 spiro atoms. The van der Waals surface area contributed by atoms with Gasteiger partial charge < -0.3 is 4.74 Å². The Balaban J connectivity index is 2.68. The molecule has 3 nitrogen and oxygen atoms in total. The van der Waals surface area contributed by atoms with E-state index in [2.05, 4.69) is 0 Å². The fourth-order valence-electron chi connectivity index (χ4n) is 1.50. The maximum atomic E-state index is 11.9. The first-order chi connectivity index (χ1) is 7.16. The lowest BCUT2D eigenvalue weighted by atomic mass is 9.94. The lowest BCUT2D eigenvalue weighted by Gasteiger charge is -2.16. The van der Waals surface area contributed by atoms with Crippen molar-refractivity contribution in [3.05, 3.63) is 44.7 Å². The number of ketones is 2. The van der Waals surface area contributed by atoms with Gasteiger partial charge >= 0.3 is 0 Å². The number of carbonyl (C=O) groups is 2. The maximum Gasteiger partial charge on any atom is 0.229 e. The fraction of sp³-hybridized carbons (Fsp3) is 0.0909. The molecule has 0 unspecified atom stereocenters. The zero-order valence-electron chi connectivity index (χ0n) is 7.91. The lowest BCUT2D eigenvalue weighted by molar-refractivity contribution is 0.0915. The quantitative estimate of drug-likeness (QED) is 0.748. The molecule has 0 radical (unpaired) electrons. The topological polar surface area (TPSA) is 43.4 Å². The van der Waals surface area contributed by atoms with Crippen LogP contribution in [0.15, 0.2) is 33.6 Å². The van der Waals surface area contributed by atoms with E-state index in [9.17, 15) is 9.59 Å². The minimum Gasteiger partial charge on any atom is -0.492 e. The largest absolute Gasteiger partial charge is 0.492 e. The van der Waals surface area contributed by atoms with Gasteiger partial charge in [-0.1, -0.05) is 24.3 Å². The highest BCUT2D eigenvalue weighted by atomic mass is 127. The number of hydrogen-bond donors (Lipinski definition) is 0. The van der Waals surface area contributed by atoms with Crippen molar-refractivity contribution in [2.24, 2.45) is 0 Å². The van der Waals surface area contributed by atoms with Crippen LogP contribution in [0, 0.1) is 0 Å². The van der Waals surface area contributed by atoms with E-state index >= 15 is 0 Å². The second kappa shape index (κ2) is 3.77. The Bertz CT molecular complexity index is 488. The summed E-state index contributed by atoms with van der Waals surface area (Å²) in [5, 5.41) is 0. The van der Waals surface area contributed by atoms with Crippen LogP contribution in [0.2, 0.25) is 0 Å². The normalized spacial score (nSPS) is 15.3. The molecule has 1 aliphatic carbocycles. The molecule has 0 atom stereocenters. The van der Waals surface area contributed by atoms with Gasteiger partial charge in [0, 0.05) is 11.1 Å². The molecule has 0 aromatic heterocycles. The maximum absolute atomic E-state index is 11.9. The molecule has 1 aromatic carbocycles. The molecular formula is C11H7IO3. The summed E-state index contributed by atoms with van der Waals surface area (Å²) in [6.45, 7) is 0. The second-order valence-corrected chi connectivity index (χ2v) is 4.13. The van der Waals surface area contributed by atoms with Crippen LogP contribution in [0.25, 0.3) is 0 Å². The minimum atomic E-state index is -0.225. The van der Waals surface area contributed by atoms with Crippen LogP contribution in [-0.4, -0.2) is 18.7 Å². The molecule has 2 rings (SSSR count). The van der Waals surface area contributed by atoms with Crippen molar-refractivity contribution in [2.75, 3.05) is 7.11 Å². The van der Waals surface area contributed by atoms with Crippen LogP contribution in [0.3, 0.4) is 0 Å². The summed E-state index contributed by atoms with van der Waals surface area (Å²) in [4.78, 5) is 23.7. The van der Waals surface area contributed by atoms with Crippen molar-refractivity contribution in [2.45, 2.75) is 0 Å². The van der Waals surface area contributed by atoms with Crippen molar-refractivity contribution < 1.29 is 14.3 Å².